The summed E-state index contributed by atoms with van der Waals surface area (Å²) in [4.78, 5) is 9.03. The highest BCUT2D eigenvalue weighted by molar-refractivity contribution is 5.21. The van der Waals surface area contributed by atoms with Crippen molar-refractivity contribution in [3.63, 3.8) is 0 Å². The zero-order valence-electron chi connectivity index (χ0n) is 13.6. The Kier molecular flexibility index (Phi) is 4.74. The average molecular weight is 314 g/mol. The SMILES string of the molecule is Cc1cnc(CN(C)[C@H]2CCN(CCn3cc(C#N)cn3)C2)o1. The van der Waals surface area contributed by atoms with E-state index >= 15 is 0 Å². The Morgan fingerprint density at radius 2 is 2.30 bits per heavy atom. The largest absolute Gasteiger partial charge is 0.445 e. The Morgan fingerprint density at radius 3 is 3.00 bits per heavy atom. The van der Waals surface area contributed by atoms with Gasteiger partial charge in [0.15, 0.2) is 0 Å². The highest BCUT2D eigenvalue weighted by Crippen LogP contribution is 2.16. The highest BCUT2D eigenvalue weighted by Gasteiger charge is 2.26. The minimum atomic E-state index is 0.523. The lowest BCUT2D eigenvalue weighted by atomic mass is 10.2. The number of aromatic nitrogens is 3. The van der Waals surface area contributed by atoms with E-state index in [4.69, 9.17) is 9.68 Å². The highest BCUT2D eigenvalue weighted by atomic mass is 16.4. The Balaban J connectivity index is 1.45. The zero-order valence-corrected chi connectivity index (χ0v) is 13.6. The van der Waals surface area contributed by atoms with Gasteiger partial charge in [0.25, 0.3) is 0 Å². The van der Waals surface area contributed by atoms with Crippen molar-refractivity contribution in [1.82, 2.24) is 24.6 Å². The fraction of sp³-hybridized carbons (Fsp3) is 0.562. The second-order valence-corrected chi connectivity index (χ2v) is 6.13. The first-order valence-electron chi connectivity index (χ1n) is 7.90. The number of oxazole rings is 1. The molecule has 0 aliphatic carbocycles. The van der Waals surface area contributed by atoms with Crippen LogP contribution < -0.4 is 0 Å². The van der Waals surface area contributed by atoms with E-state index in [0.717, 1.165) is 50.8 Å². The first-order chi connectivity index (χ1) is 11.1. The fourth-order valence-electron chi connectivity index (χ4n) is 2.98. The van der Waals surface area contributed by atoms with Crippen molar-refractivity contribution in [2.45, 2.75) is 32.5 Å². The normalized spacial score (nSPS) is 18.6. The number of aryl methyl sites for hydroxylation is 1. The van der Waals surface area contributed by atoms with Gasteiger partial charge in [-0.3, -0.25) is 14.5 Å². The molecule has 3 heterocycles. The first-order valence-corrected chi connectivity index (χ1v) is 7.90. The Hall–Kier alpha value is -2.17. The third kappa shape index (κ3) is 3.97. The summed E-state index contributed by atoms with van der Waals surface area (Å²) in [5, 5.41) is 13.0. The summed E-state index contributed by atoms with van der Waals surface area (Å²) in [6, 6.07) is 2.63. The molecule has 1 atom stereocenters. The van der Waals surface area contributed by atoms with Gasteiger partial charge in [-0.2, -0.15) is 10.4 Å². The van der Waals surface area contributed by atoms with E-state index < -0.39 is 0 Å². The molecule has 1 fully saturated rings. The molecule has 0 radical (unpaired) electrons. The summed E-state index contributed by atoms with van der Waals surface area (Å²) in [5.74, 6) is 1.64. The second-order valence-electron chi connectivity index (χ2n) is 6.13. The van der Waals surface area contributed by atoms with Gasteiger partial charge < -0.3 is 4.42 Å². The van der Waals surface area contributed by atoms with Crippen molar-refractivity contribution >= 4 is 0 Å². The summed E-state index contributed by atoms with van der Waals surface area (Å²) >= 11 is 0. The lowest BCUT2D eigenvalue weighted by Gasteiger charge is -2.23. The van der Waals surface area contributed by atoms with Crippen molar-refractivity contribution in [2.75, 3.05) is 26.7 Å². The van der Waals surface area contributed by atoms with Gasteiger partial charge in [-0.05, 0) is 26.9 Å². The van der Waals surface area contributed by atoms with Gasteiger partial charge in [0.05, 0.1) is 31.0 Å². The molecule has 3 rings (SSSR count). The molecular weight excluding hydrogens is 292 g/mol. The van der Waals surface area contributed by atoms with Crippen LogP contribution in [0.4, 0.5) is 0 Å². The summed E-state index contributed by atoms with van der Waals surface area (Å²) in [6.45, 7) is 6.57. The van der Waals surface area contributed by atoms with Crippen LogP contribution in [-0.2, 0) is 13.1 Å². The van der Waals surface area contributed by atoms with Gasteiger partial charge in [0.1, 0.15) is 11.8 Å². The summed E-state index contributed by atoms with van der Waals surface area (Å²) in [5.41, 5.74) is 0.616. The van der Waals surface area contributed by atoms with Crippen LogP contribution in [0.5, 0.6) is 0 Å². The molecule has 122 valence electrons. The van der Waals surface area contributed by atoms with Crippen molar-refractivity contribution in [1.29, 1.82) is 5.26 Å². The number of likely N-dealkylation sites (tertiary alicyclic amines) is 1. The molecule has 7 heteroatoms. The lowest BCUT2D eigenvalue weighted by Crippen LogP contribution is -2.35. The van der Waals surface area contributed by atoms with Gasteiger partial charge in [-0.1, -0.05) is 0 Å². The van der Waals surface area contributed by atoms with Crippen molar-refractivity contribution in [2.24, 2.45) is 0 Å². The molecule has 0 aromatic carbocycles. The number of hydrogen-bond donors (Lipinski definition) is 0. The molecule has 0 saturated carbocycles. The van der Waals surface area contributed by atoms with Crippen LogP contribution in [0.15, 0.2) is 23.0 Å². The fourth-order valence-corrected chi connectivity index (χ4v) is 2.98. The predicted molar refractivity (Wildman–Crippen MR) is 84.5 cm³/mol. The summed E-state index contributed by atoms with van der Waals surface area (Å²) in [7, 11) is 2.13. The Labute approximate surface area is 136 Å². The predicted octanol–water partition coefficient (Wildman–Crippen LogP) is 1.26. The van der Waals surface area contributed by atoms with Crippen LogP contribution in [-0.4, -0.2) is 57.3 Å². The minimum absolute atomic E-state index is 0.523. The number of likely N-dealkylation sites (N-methyl/N-ethyl adjacent to an activating group) is 1. The second kappa shape index (κ2) is 6.94. The van der Waals surface area contributed by atoms with E-state index in [1.54, 1.807) is 18.6 Å². The molecule has 1 saturated heterocycles. The molecule has 0 spiro atoms. The molecule has 2 aromatic heterocycles. The van der Waals surface area contributed by atoms with Gasteiger partial charge in [-0.25, -0.2) is 4.98 Å². The molecular formula is C16H22N6O. The van der Waals surface area contributed by atoms with E-state index in [-0.39, 0.29) is 0 Å². The van der Waals surface area contributed by atoms with Gasteiger partial charge in [-0.15, -0.1) is 0 Å². The number of nitriles is 1. The van der Waals surface area contributed by atoms with Crippen LogP contribution >= 0.6 is 0 Å². The van der Waals surface area contributed by atoms with Crippen molar-refractivity contribution in [3.8, 4) is 6.07 Å². The van der Waals surface area contributed by atoms with Crippen molar-refractivity contribution < 1.29 is 4.42 Å². The zero-order chi connectivity index (χ0) is 16.2. The molecule has 1 aliphatic rings. The first kappa shape index (κ1) is 15.7. The van der Waals surface area contributed by atoms with Gasteiger partial charge in [0, 0.05) is 25.3 Å². The molecule has 0 bridgehead atoms. The maximum absolute atomic E-state index is 8.82. The summed E-state index contributed by atoms with van der Waals surface area (Å²) < 4.78 is 7.39. The molecule has 0 unspecified atom stereocenters. The minimum Gasteiger partial charge on any atom is -0.445 e. The molecule has 0 amide bonds. The summed E-state index contributed by atoms with van der Waals surface area (Å²) in [6.07, 6.45) is 6.33. The van der Waals surface area contributed by atoms with Crippen LogP contribution in [0.2, 0.25) is 0 Å². The number of hydrogen-bond acceptors (Lipinski definition) is 6. The third-order valence-corrected chi connectivity index (χ3v) is 4.33. The van der Waals surface area contributed by atoms with Gasteiger partial charge in [0.2, 0.25) is 5.89 Å². The maximum atomic E-state index is 8.82. The van der Waals surface area contributed by atoms with E-state index in [1.807, 2.05) is 11.6 Å². The molecule has 2 aromatic rings. The monoisotopic (exact) mass is 314 g/mol. The standard InChI is InChI=1S/C16H22N6O/c1-13-8-18-16(23-13)12-20(2)15-3-4-21(11-15)5-6-22-10-14(7-17)9-19-22/h8-10,15H,3-6,11-12H2,1-2H3/t15-/m0/s1. The van der Waals surface area contributed by atoms with E-state index in [1.165, 1.54) is 0 Å². The molecule has 7 nitrogen and oxygen atoms in total. The van der Waals surface area contributed by atoms with E-state index in [0.29, 0.717) is 11.6 Å². The Morgan fingerprint density at radius 1 is 1.43 bits per heavy atom. The lowest BCUT2D eigenvalue weighted by molar-refractivity contribution is 0.204. The van der Waals surface area contributed by atoms with Crippen LogP contribution in [0.1, 0.15) is 23.6 Å². The maximum Gasteiger partial charge on any atom is 0.208 e. The molecule has 1 aliphatic heterocycles. The molecule has 0 N–H and O–H groups in total. The van der Waals surface area contributed by atoms with Crippen LogP contribution in [0.3, 0.4) is 0 Å². The van der Waals surface area contributed by atoms with Crippen molar-refractivity contribution in [3.05, 3.63) is 35.8 Å². The quantitative estimate of drug-likeness (QED) is 0.799. The Bertz CT molecular complexity index is 685. The van der Waals surface area contributed by atoms with E-state index in [2.05, 4.69) is 33.0 Å². The molecule has 23 heavy (non-hydrogen) atoms. The van der Waals surface area contributed by atoms with E-state index in [9.17, 15) is 0 Å². The number of rotatable bonds is 6. The van der Waals surface area contributed by atoms with Crippen LogP contribution in [0, 0.1) is 18.3 Å². The smallest absolute Gasteiger partial charge is 0.208 e. The number of nitrogens with zero attached hydrogens (tertiary/aromatic N) is 6. The average Bonchev–Trinajstić information content (AvgIpc) is 3.25. The van der Waals surface area contributed by atoms with Crippen LogP contribution in [0.25, 0.3) is 0 Å². The third-order valence-electron chi connectivity index (χ3n) is 4.33. The van der Waals surface area contributed by atoms with Gasteiger partial charge >= 0.3 is 0 Å². The topological polar surface area (TPSA) is 74.1 Å².